The number of aryl methyl sites for hydroxylation is 1. The molecular weight excluding hydrogens is 247 g/mol. The Hall–Kier alpha value is -1.03. The Morgan fingerprint density at radius 1 is 1.00 bits per heavy atom. The smallest absolute Gasteiger partial charge is 0.122 e. The highest BCUT2D eigenvalue weighted by Gasteiger charge is 2.36. The number of ether oxygens (including phenoxy) is 2. The van der Waals surface area contributed by atoms with E-state index in [1.807, 2.05) is 20.8 Å². The van der Waals surface area contributed by atoms with Crippen LogP contribution in [0.1, 0.15) is 31.9 Å². The number of benzene rings is 1. The average Bonchev–Trinajstić information content (AvgIpc) is 2.39. The van der Waals surface area contributed by atoms with Crippen LogP contribution in [0, 0.1) is 6.92 Å². The van der Waals surface area contributed by atoms with Gasteiger partial charge in [-0.3, -0.25) is 0 Å². The van der Waals surface area contributed by atoms with Crippen molar-refractivity contribution < 1.29 is 9.47 Å². The fourth-order valence-corrected chi connectivity index (χ4v) is 1.66. The Morgan fingerprint density at radius 2 is 1.45 bits per heavy atom. The second-order valence-corrected chi connectivity index (χ2v) is 4.67. The Kier molecular flexibility index (Phi) is 6.75. The van der Waals surface area contributed by atoms with Gasteiger partial charge in [0, 0.05) is 0 Å². The molecule has 104 valence electrons. The van der Waals surface area contributed by atoms with Gasteiger partial charge in [0.05, 0.1) is 37.8 Å². The number of hydrogen-bond donors (Lipinski definition) is 1. The van der Waals surface area contributed by atoms with E-state index in [1.54, 1.807) is 26.2 Å². The SMILES string of the molecule is CC.[B]C(C)(N)C([B])([B])c1cc(OC)c(C)cc1OC. The van der Waals surface area contributed by atoms with Gasteiger partial charge < -0.3 is 15.2 Å². The van der Waals surface area contributed by atoms with Gasteiger partial charge in [0.15, 0.2) is 0 Å². The fraction of sp³-hybridized carbons (Fsp3) is 0.571. The fourth-order valence-electron chi connectivity index (χ4n) is 1.66. The monoisotopic (exact) mass is 269 g/mol. The van der Waals surface area contributed by atoms with Crippen molar-refractivity contribution in [2.75, 3.05) is 14.2 Å². The largest absolute Gasteiger partial charge is 0.496 e. The summed E-state index contributed by atoms with van der Waals surface area (Å²) in [6, 6.07) is 3.49. The molecule has 1 rings (SSSR count). The third-order valence-corrected chi connectivity index (χ3v) is 3.05. The van der Waals surface area contributed by atoms with Gasteiger partial charge in [-0.15, -0.1) is 0 Å². The normalized spacial score (nSPS) is 13.8. The van der Waals surface area contributed by atoms with Gasteiger partial charge in [0.2, 0.25) is 0 Å². The first-order chi connectivity index (χ1) is 9.15. The number of hydrogen-bond acceptors (Lipinski definition) is 3. The summed E-state index contributed by atoms with van der Waals surface area (Å²) in [4.78, 5) is 0. The van der Waals surface area contributed by atoms with E-state index < -0.39 is 10.7 Å². The molecule has 1 aromatic carbocycles. The van der Waals surface area contributed by atoms with E-state index >= 15 is 0 Å². The maximum Gasteiger partial charge on any atom is 0.122 e. The molecular formula is C14H22B3NO2. The molecule has 0 aliphatic carbocycles. The molecule has 0 amide bonds. The van der Waals surface area contributed by atoms with Gasteiger partial charge in [-0.25, -0.2) is 0 Å². The van der Waals surface area contributed by atoms with E-state index in [-0.39, 0.29) is 0 Å². The van der Waals surface area contributed by atoms with Crippen LogP contribution in [0.5, 0.6) is 11.5 Å². The molecule has 20 heavy (non-hydrogen) atoms. The molecule has 0 aliphatic rings. The van der Waals surface area contributed by atoms with E-state index in [1.165, 1.54) is 7.11 Å². The van der Waals surface area contributed by atoms with Crippen LogP contribution in [0.3, 0.4) is 0 Å². The van der Waals surface area contributed by atoms with Crippen molar-refractivity contribution in [2.45, 2.75) is 38.3 Å². The predicted octanol–water partition coefficient (Wildman–Crippen LogP) is 1.37. The van der Waals surface area contributed by atoms with Crippen LogP contribution in [0.15, 0.2) is 12.1 Å². The first-order valence-electron chi connectivity index (χ1n) is 6.53. The topological polar surface area (TPSA) is 44.5 Å². The zero-order valence-electron chi connectivity index (χ0n) is 13.3. The van der Waals surface area contributed by atoms with Crippen LogP contribution < -0.4 is 15.2 Å². The molecule has 1 atom stereocenters. The summed E-state index contributed by atoms with van der Waals surface area (Å²) < 4.78 is 10.5. The summed E-state index contributed by atoms with van der Waals surface area (Å²) in [6.07, 6.45) is 0. The summed E-state index contributed by atoms with van der Waals surface area (Å²) in [7, 11) is 21.0. The number of rotatable bonds is 4. The van der Waals surface area contributed by atoms with Gasteiger partial charge in [-0.1, -0.05) is 26.0 Å². The van der Waals surface area contributed by atoms with E-state index in [9.17, 15) is 0 Å². The zero-order valence-corrected chi connectivity index (χ0v) is 13.3. The lowest BCUT2D eigenvalue weighted by molar-refractivity contribution is 0.390. The van der Waals surface area contributed by atoms with Crippen molar-refractivity contribution in [2.24, 2.45) is 5.73 Å². The maximum atomic E-state index is 6.06. The zero-order chi connectivity index (χ0) is 16.1. The highest BCUT2D eigenvalue weighted by Crippen LogP contribution is 2.37. The standard InChI is InChI=1S/C12H16B3NO2.C2H6/c1-7-5-10(18-4)8(6-9(7)17-3)12(14,15)11(2,13)16;1-2/h5-6H,16H2,1-4H3;1-2H3. The number of nitrogens with two attached hydrogens (primary N) is 1. The molecule has 0 saturated heterocycles. The van der Waals surface area contributed by atoms with Crippen LogP contribution in [-0.4, -0.2) is 43.2 Å². The molecule has 3 nitrogen and oxygen atoms in total. The molecule has 0 heterocycles. The van der Waals surface area contributed by atoms with Crippen LogP contribution in [-0.2, 0) is 5.21 Å². The van der Waals surface area contributed by atoms with Crippen molar-refractivity contribution in [1.82, 2.24) is 0 Å². The minimum absolute atomic E-state index is 0.500. The van der Waals surface area contributed by atoms with Crippen LogP contribution >= 0.6 is 0 Å². The van der Waals surface area contributed by atoms with Crippen LogP contribution in [0.4, 0.5) is 0 Å². The molecule has 0 spiro atoms. The van der Waals surface area contributed by atoms with Gasteiger partial charge in [-0.05, 0) is 35.6 Å². The Bertz CT molecular complexity index is 443. The molecule has 2 N–H and O–H groups in total. The van der Waals surface area contributed by atoms with Gasteiger partial charge in [-0.2, -0.15) is 0 Å². The van der Waals surface area contributed by atoms with Gasteiger partial charge in [0.25, 0.3) is 0 Å². The van der Waals surface area contributed by atoms with E-state index in [2.05, 4.69) is 0 Å². The minimum Gasteiger partial charge on any atom is -0.496 e. The van der Waals surface area contributed by atoms with E-state index in [4.69, 9.17) is 38.7 Å². The van der Waals surface area contributed by atoms with Crippen molar-refractivity contribution >= 4 is 23.5 Å². The molecule has 1 unspecified atom stereocenters. The Balaban J connectivity index is 0.00000172. The lowest BCUT2D eigenvalue weighted by atomic mass is 9.38. The summed E-state index contributed by atoms with van der Waals surface area (Å²) in [5.41, 5.74) is 5.93. The molecule has 6 heteroatoms. The lowest BCUT2D eigenvalue weighted by Gasteiger charge is -2.42. The molecule has 0 fully saturated rings. The van der Waals surface area contributed by atoms with Crippen molar-refractivity contribution in [3.63, 3.8) is 0 Å². The van der Waals surface area contributed by atoms with Crippen molar-refractivity contribution in [3.8, 4) is 11.5 Å². The summed E-state index contributed by atoms with van der Waals surface area (Å²) in [5, 5.41) is -1.45. The third-order valence-electron chi connectivity index (χ3n) is 3.05. The average molecular weight is 269 g/mol. The van der Waals surface area contributed by atoms with E-state index in [0.717, 1.165) is 5.56 Å². The molecule has 6 radical (unpaired) electrons. The summed E-state index contributed by atoms with van der Waals surface area (Å²) in [5.74, 6) is 1.18. The second kappa shape index (κ2) is 7.12. The highest BCUT2D eigenvalue weighted by molar-refractivity contribution is 6.45. The first kappa shape index (κ1) is 19.0. The Labute approximate surface area is 126 Å². The summed E-state index contributed by atoms with van der Waals surface area (Å²) >= 11 is 0. The second-order valence-electron chi connectivity index (χ2n) is 4.67. The van der Waals surface area contributed by atoms with Gasteiger partial charge >= 0.3 is 0 Å². The highest BCUT2D eigenvalue weighted by atomic mass is 16.5. The Morgan fingerprint density at radius 3 is 1.80 bits per heavy atom. The van der Waals surface area contributed by atoms with E-state index in [0.29, 0.717) is 17.1 Å². The molecule has 0 aliphatic heterocycles. The van der Waals surface area contributed by atoms with Crippen LogP contribution in [0.25, 0.3) is 0 Å². The minimum atomic E-state index is -1.45. The predicted molar refractivity (Wildman–Crippen MR) is 87.2 cm³/mol. The first-order valence-corrected chi connectivity index (χ1v) is 6.53. The third kappa shape index (κ3) is 3.75. The molecule has 0 saturated carbocycles. The quantitative estimate of drug-likeness (QED) is 0.839. The molecule has 0 bridgehead atoms. The van der Waals surface area contributed by atoms with Crippen molar-refractivity contribution in [1.29, 1.82) is 0 Å². The lowest BCUT2D eigenvalue weighted by Crippen LogP contribution is -2.58. The number of methoxy groups -OCH3 is 2. The van der Waals surface area contributed by atoms with Crippen LogP contribution in [0.2, 0.25) is 0 Å². The maximum absolute atomic E-state index is 6.06. The molecule has 0 aromatic heterocycles. The molecule has 1 aromatic rings. The summed E-state index contributed by atoms with van der Waals surface area (Å²) in [6.45, 7) is 7.45. The van der Waals surface area contributed by atoms with Gasteiger partial charge in [0.1, 0.15) is 11.5 Å². The van der Waals surface area contributed by atoms with Crippen molar-refractivity contribution in [3.05, 3.63) is 23.3 Å².